The Kier molecular flexibility index (Phi) is 7.38. The second-order valence-electron chi connectivity index (χ2n) is 9.19. The molecule has 0 aromatic heterocycles. The van der Waals surface area contributed by atoms with Gasteiger partial charge in [0.1, 0.15) is 5.82 Å². The van der Waals surface area contributed by atoms with Crippen molar-refractivity contribution in [3.63, 3.8) is 0 Å². The molecule has 0 amide bonds. The highest BCUT2D eigenvalue weighted by Crippen LogP contribution is 2.39. The summed E-state index contributed by atoms with van der Waals surface area (Å²) >= 11 is 0. The maximum Gasteiger partial charge on any atom is 0.131 e. The number of unbranched alkanes of at least 4 members (excludes halogenated alkanes) is 2. The Balaban J connectivity index is 1.54. The minimum absolute atomic E-state index is 0.245. The van der Waals surface area contributed by atoms with Crippen LogP contribution >= 0.6 is 0 Å². The first-order valence-electron chi connectivity index (χ1n) is 12.1. The lowest BCUT2D eigenvalue weighted by molar-refractivity contribution is 0.303. The molecule has 1 aliphatic carbocycles. The van der Waals surface area contributed by atoms with Gasteiger partial charge in [0, 0.05) is 5.56 Å². The maximum absolute atomic E-state index is 14.5. The zero-order valence-corrected chi connectivity index (χ0v) is 19.0. The summed E-state index contributed by atoms with van der Waals surface area (Å²) in [4.78, 5) is 0. The normalized spacial score (nSPS) is 18.3. The lowest BCUT2D eigenvalue weighted by Crippen LogP contribution is -2.13. The summed E-state index contributed by atoms with van der Waals surface area (Å²) in [6, 6.07) is 23.3. The fourth-order valence-corrected chi connectivity index (χ4v) is 5.17. The summed E-state index contributed by atoms with van der Waals surface area (Å²) in [6.45, 7) is 2.27. The van der Waals surface area contributed by atoms with E-state index in [0.29, 0.717) is 17.0 Å². The first-order valence-corrected chi connectivity index (χ1v) is 12.1. The predicted octanol–water partition coefficient (Wildman–Crippen LogP) is 8.89. The Hall–Kier alpha value is -2.92. The van der Waals surface area contributed by atoms with Gasteiger partial charge in [0.2, 0.25) is 0 Å². The van der Waals surface area contributed by atoms with Crippen molar-refractivity contribution in [3.05, 3.63) is 83.7 Å². The first kappa shape index (κ1) is 22.3. The van der Waals surface area contributed by atoms with Crippen LogP contribution in [0.1, 0.15) is 75.3 Å². The minimum atomic E-state index is -0.245. The third-order valence-electron chi connectivity index (χ3n) is 7.07. The van der Waals surface area contributed by atoms with Gasteiger partial charge in [-0.2, -0.15) is 5.26 Å². The Morgan fingerprint density at radius 3 is 2.28 bits per heavy atom. The maximum atomic E-state index is 14.5. The molecule has 0 heterocycles. The molecule has 0 radical (unpaired) electrons. The van der Waals surface area contributed by atoms with Crippen LogP contribution in [0.4, 0.5) is 4.39 Å². The molecule has 4 rings (SSSR count). The smallest absolute Gasteiger partial charge is 0.131 e. The number of hydrogen-bond acceptors (Lipinski definition) is 1. The second-order valence-corrected chi connectivity index (χ2v) is 9.19. The molecular formula is C30H32FN. The van der Waals surface area contributed by atoms with E-state index in [4.69, 9.17) is 0 Å². The van der Waals surface area contributed by atoms with Crippen molar-refractivity contribution in [2.24, 2.45) is 5.92 Å². The van der Waals surface area contributed by atoms with Gasteiger partial charge in [-0.1, -0.05) is 81.1 Å². The van der Waals surface area contributed by atoms with Crippen LogP contribution in [0.25, 0.3) is 22.3 Å². The zero-order valence-electron chi connectivity index (χ0n) is 19.0. The van der Waals surface area contributed by atoms with Gasteiger partial charge < -0.3 is 0 Å². The molecule has 164 valence electrons. The van der Waals surface area contributed by atoms with Gasteiger partial charge in [-0.05, 0) is 78.0 Å². The molecule has 0 saturated heterocycles. The Morgan fingerprint density at radius 2 is 1.59 bits per heavy atom. The Labute approximate surface area is 191 Å². The molecule has 1 saturated carbocycles. The van der Waals surface area contributed by atoms with Crippen LogP contribution in [0.2, 0.25) is 0 Å². The van der Waals surface area contributed by atoms with E-state index in [1.165, 1.54) is 63.0 Å². The van der Waals surface area contributed by atoms with E-state index in [1.807, 2.05) is 18.2 Å². The van der Waals surface area contributed by atoms with Gasteiger partial charge in [-0.3, -0.25) is 0 Å². The summed E-state index contributed by atoms with van der Waals surface area (Å²) in [7, 11) is 0. The molecule has 3 aromatic carbocycles. The monoisotopic (exact) mass is 425 g/mol. The summed E-state index contributed by atoms with van der Waals surface area (Å²) < 4.78 is 14.5. The van der Waals surface area contributed by atoms with Gasteiger partial charge in [0.15, 0.2) is 0 Å². The topological polar surface area (TPSA) is 23.8 Å². The van der Waals surface area contributed by atoms with E-state index in [2.05, 4.69) is 37.3 Å². The fraction of sp³-hybridized carbons (Fsp3) is 0.367. The molecule has 1 nitrogen and oxygen atoms in total. The number of halogens is 1. The molecule has 2 heteroatoms. The number of hydrogen-bond donors (Lipinski definition) is 0. The standard InChI is InChI=1S/C30H32FN/c1-2-3-4-7-22-10-13-24(14-11-22)25-15-17-26(18-16-25)29-20-23(21-32)12-19-27(29)28-8-5-6-9-30(28)31/h5-6,8-9,12,15-20,22,24H,2-4,7,10-11,13-14H2,1H3/t22-,24-. The lowest BCUT2D eigenvalue weighted by Gasteiger charge is -2.29. The summed E-state index contributed by atoms with van der Waals surface area (Å²) in [6.07, 6.45) is 10.7. The highest BCUT2D eigenvalue weighted by atomic mass is 19.1. The predicted molar refractivity (Wildman–Crippen MR) is 131 cm³/mol. The van der Waals surface area contributed by atoms with Crippen molar-refractivity contribution >= 4 is 0 Å². The fourth-order valence-electron chi connectivity index (χ4n) is 5.17. The van der Waals surface area contributed by atoms with Crippen LogP contribution in [0.5, 0.6) is 0 Å². The van der Waals surface area contributed by atoms with E-state index in [0.717, 1.165) is 22.6 Å². The molecule has 1 fully saturated rings. The average Bonchev–Trinajstić information content (AvgIpc) is 2.85. The van der Waals surface area contributed by atoms with Gasteiger partial charge in [-0.15, -0.1) is 0 Å². The van der Waals surface area contributed by atoms with Crippen LogP contribution in [-0.4, -0.2) is 0 Å². The lowest BCUT2D eigenvalue weighted by atomic mass is 9.77. The number of benzene rings is 3. The largest absolute Gasteiger partial charge is 0.206 e. The molecule has 0 spiro atoms. The Morgan fingerprint density at radius 1 is 0.844 bits per heavy atom. The molecule has 1 aliphatic rings. The van der Waals surface area contributed by atoms with Gasteiger partial charge in [0.05, 0.1) is 11.6 Å². The van der Waals surface area contributed by atoms with Crippen LogP contribution in [-0.2, 0) is 0 Å². The van der Waals surface area contributed by atoms with Gasteiger partial charge in [0.25, 0.3) is 0 Å². The van der Waals surface area contributed by atoms with Gasteiger partial charge >= 0.3 is 0 Å². The van der Waals surface area contributed by atoms with Gasteiger partial charge in [-0.25, -0.2) is 4.39 Å². The van der Waals surface area contributed by atoms with Crippen molar-refractivity contribution < 1.29 is 4.39 Å². The highest BCUT2D eigenvalue weighted by Gasteiger charge is 2.22. The number of rotatable bonds is 7. The first-order chi connectivity index (χ1) is 15.7. The van der Waals surface area contributed by atoms with E-state index in [9.17, 15) is 9.65 Å². The molecule has 0 atom stereocenters. The van der Waals surface area contributed by atoms with E-state index in [1.54, 1.807) is 18.2 Å². The van der Waals surface area contributed by atoms with Crippen LogP contribution in [0.15, 0.2) is 66.7 Å². The summed E-state index contributed by atoms with van der Waals surface area (Å²) in [5.74, 6) is 1.31. The molecule has 0 N–H and O–H groups in total. The van der Waals surface area contributed by atoms with E-state index >= 15 is 0 Å². The number of nitriles is 1. The summed E-state index contributed by atoms with van der Waals surface area (Å²) in [5.41, 5.74) is 5.31. The molecule has 0 aliphatic heterocycles. The average molecular weight is 426 g/mol. The van der Waals surface area contributed by atoms with Crippen molar-refractivity contribution in [1.82, 2.24) is 0 Å². The molecule has 0 unspecified atom stereocenters. The zero-order chi connectivity index (χ0) is 22.3. The quantitative estimate of drug-likeness (QED) is 0.347. The van der Waals surface area contributed by atoms with Crippen LogP contribution in [0, 0.1) is 23.1 Å². The van der Waals surface area contributed by atoms with Crippen molar-refractivity contribution in [1.29, 1.82) is 5.26 Å². The Bertz CT molecular complexity index is 1070. The van der Waals surface area contributed by atoms with Crippen molar-refractivity contribution in [3.8, 4) is 28.3 Å². The van der Waals surface area contributed by atoms with E-state index in [-0.39, 0.29) is 5.82 Å². The minimum Gasteiger partial charge on any atom is -0.206 e. The van der Waals surface area contributed by atoms with Crippen molar-refractivity contribution in [2.45, 2.75) is 64.2 Å². The molecular weight excluding hydrogens is 393 g/mol. The highest BCUT2D eigenvalue weighted by molar-refractivity contribution is 5.84. The second kappa shape index (κ2) is 10.6. The van der Waals surface area contributed by atoms with E-state index < -0.39 is 0 Å². The summed E-state index contributed by atoms with van der Waals surface area (Å²) in [5, 5.41) is 9.40. The third kappa shape index (κ3) is 5.10. The number of nitrogens with zero attached hydrogens (tertiary/aromatic N) is 1. The SMILES string of the molecule is CCCCC[C@H]1CC[C@H](c2ccc(-c3cc(C#N)ccc3-c3ccccc3F)cc2)CC1. The third-order valence-corrected chi connectivity index (χ3v) is 7.07. The van der Waals surface area contributed by atoms with Crippen LogP contribution < -0.4 is 0 Å². The molecule has 3 aromatic rings. The van der Waals surface area contributed by atoms with Crippen molar-refractivity contribution in [2.75, 3.05) is 0 Å². The molecule has 0 bridgehead atoms. The van der Waals surface area contributed by atoms with Crippen LogP contribution in [0.3, 0.4) is 0 Å². The molecule has 32 heavy (non-hydrogen) atoms.